The van der Waals surface area contributed by atoms with Crippen LogP contribution in [0.1, 0.15) is 18.7 Å². The number of nitrogens with one attached hydrogen (secondary N) is 1. The second-order valence-corrected chi connectivity index (χ2v) is 6.15. The van der Waals surface area contributed by atoms with Crippen molar-refractivity contribution in [2.75, 3.05) is 34.3 Å². The van der Waals surface area contributed by atoms with E-state index in [0.717, 1.165) is 25.5 Å². The van der Waals surface area contributed by atoms with Crippen molar-refractivity contribution in [2.45, 2.75) is 25.9 Å². The van der Waals surface area contributed by atoms with Gasteiger partial charge >= 0.3 is 0 Å². The first kappa shape index (κ1) is 16.0. The first-order valence-corrected chi connectivity index (χ1v) is 7.36. The summed E-state index contributed by atoms with van der Waals surface area (Å²) in [7, 11) is 5.59. The first-order chi connectivity index (χ1) is 8.98. The van der Waals surface area contributed by atoms with E-state index in [9.17, 15) is 0 Å². The van der Waals surface area contributed by atoms with Crippen LogP contribution < -0.4 is 5.32 Å². The molecule has 0 saturated heterocycles. The van der Waals surface area contributed by atoms with Crippen molar-refractivity contribution in [3.05, 3.63) is 22.4 Å². The normalized spacial score (nSPS) is 12.6. The summed E-state index contributed by atoms with van der Waals surface area (Å²) >= 11 is 1.80. The maximum atomic E-state index is 5.40. The summed E-state index contributed by atoms with van der Waals surface area (Å²) in [5.74, 6) is 0.904. The van der Waals surface area contributed by atoms with Gasteiger partial charge in [0.25, 0.3) is 0 Å². The SMILES string of the molecule is CN=C(NCC(C)(C)OC)N(C)CCc1cccs1. The fourth-order valence-electron chi connectivity index (χ4n) is 1.59. The zero-order chi connectivity index (χ0) is 14.3. The lowest BCUT2D eigenvalue weighted by Gasteiger charge is -2.27. The molecule has 5 heteroatoms. The van der Waals surface area contributed by atoms with Gasteiger partial charge in [0, 0.05) is 39.2 Å². The van der Waals surface area contributed by atoms with Gasteiger partial charge in [-0.1, -0.05) is 6.07 Å². The molecule has 0 saturated carbocycles. The maximum absolute atomic E-state index is 5.40. The Morgan fingerprint density at radius 3 is 2.79 bits per heavy atom. The minimum Gasteiger partial charge on any atom is -0.377 e. The summed E-state index contributed by atoms with van der Waals surface area (Å²) in [6.07, 6.45) is 1.04. The van der Waals surface area contributed by atoms with Crippen molar-refractivity contribution in [3.8, 4) is 0 Å². The zero-order valence-corrected chi connectivity index (χ0v) is 13.4. The molecule has 1 aromatic heterocycles. The van der Waals surface area contributed by atoms with E-state index in [1.165, 1.54) is 4.88 Å². The lowest BCUT2D eigenvalue weighted by Crippen LogP contribution is -2.46. The van der Waals surface area contributed by atoms with Gasteiger partial charge in [-0.05, 0) is 31.7 Å². The lowest BCUT2D eigenvalue weighted by atomic mass is 10.1. The van der Waals surface area contributed by atoms with Gasteiger partial charge in [0.05, 0.1) is 5.60 Å². The Bertz CT molecular complexity index is 387. The Morgan fingerprint density at radius 2 is 2.26 bits per heavy atom. The van der Waals surface area contributed by atoms with Crippen LogP contribution in [0, 0.1) is 0 Å². The van der Waals surface area contributed by atoms with E-state index >= 15 is 0 Å². The molecule has 1 aromatic rings. The fraction of sp³-hybridized carbons (Fsp3) is 0.643. The van der Waals surface area contributed by atoms with Gasteiger partial charge in [-0.25, -0.2) is 0 Å². The number of methoxy groups -OCH3 is 1. The van der Waals surface area contributed by atoms with E-state index in [1.807, 2.05) is 7.05 Å². The quantitative estimate of drug-likeness (QED) is 0.642. The molecule has 4 nitrogen and oxygen atoms in total. The molecule has 19 heavy (non-hydrogen) atoms. The van der Waals surface area contributed by atoms with Crippen LogP contribution in [0.5, 0.6) is 0 Å². The summed E-state index contributed by atoms with van der Waals surface area (Å²) in [4.78, 5) is 7.85. The average molecular weight is 283 g/mol. The molecule has 0 bridgehead atoms. The third-order valence-electron chi connectivity index (χ3n) is 3.07. The predicted octanol–water partition coefficient (Wildman–Crippen LogP) is 2.22. The first-order valence-electron chi connectivity index (χ1n) is 6.48. The van der Waals surface area contributed by atoms with Crippen molar-refractivity contribution in [3.63, 3.8) is 0 Å². The van der Waals surface area contributed by atoms with Crippen LogP contribution in [0.25, 0.3) is 0 Å². The Labute approximate surface area is 120 Å². The van der Waals surface area contributed by atoms with Gasteiger partial charge < -0.3 is 15.0 Å². The fourth-order valence-corrected chi connectivity index (χ4v) is 2.29. The molecule has 0 aromatic carbocycles. The standard InChI is InChI=1S/C14H25N3OS/c1-14(2,18-5)11-16-13(15-3)17(4)9-8-12-7-6-10-19-12/h6-7,10H,8-9,11H2,1-5H3,(H,15,16). The van der Waals surface area contributed by atoms with Gasteiger partial charge in [0.1, 0.15) is 0 Å². The summed E-state index contributed by atoms with van der Waals surface area (Å²) in [6.45, 7) is 5.80. The molecule has 108 valence electrons. The van der Waals surface area contributed by atoms with Crippen LogP contribution in [0.15, 0.2) is 22.5 Å². The molecule has 0 fully saturated rings. The molecule has 0 unspecified atom stereocenters. The third kappa shape index (κ3) is 5.61. The van der Waals surface area contributed by atoms with Gasteiger partial charge in [-0.15, -0.1) is 11.3 Å². The number of likely N-dealkylation sites (N-methyl/N-ethyl adjacent to an activating group) is 1. The second kappa shape index (κ2) is 7.50. The highest BCUT2D eigenvalue weighted by Gasteiger charge is 2.17. The minimum atomic E-state index is -0.190. The number of guanidine groups is 1. The van der Waals surface area contributed by atoms with E-state index in [4.69, 9.17) is 4.74 Å². The highest BCUT2D eigenvalue weighted by atomic mass is 32.1. The Morgan fingerprint density at radius 1 is 1.53 bits per heavy atom. The van der Waals surface area contributed by atoms with Crippen molar-refractivity contribution in [1.29, 1.82) is 0 Å². The van der Waals surface area contributed by atoms with Gasteiger partial charge in [0.2, 0.25) is 0 Å². The molecule has 0 aliphatic rings. The minimum absolute atomic E-state index is 0.190. The highest BCUT2D eigenvalue weighted by molar-refractivity contribution is 7.09. The smallest absolute Gasteiger partial charge is 0.193 e. The molecular formula is C14H25N3OS. The Kier molecular flexibility index (Phi) is 6.31. The third-order valence-corrected chi connectivity index (χ3v) is 4.01. The van der Waals surface area contributed by atoms with Gasteiger partial charge in [-0.2, -0.15) is 0 Å². The number of nitrogens with zero attached hydrogens (tertiary/aromatic N) is 2. The summed E-state index contributed by atoms with van der Waals surface area (Å²) in [5.41, 5.74) is -0.190. The maximum Gasteiger partial charge on any atom is 0.193 e. The average Bonchev–Trinajstić information content (AvgIpc) is 2.90. The molecule has 0 atom stereocenters. The van der Waals surface area contributed by atoms with Crippen molar-refractivity contribution < 1.29 is 4.74 Å². The molecule has 0 radical (unpaired) electrons. The predicted molar refractivity (Wildman–Crippen MR) is 83.1 cm³/mol. The van der Waals surface area contributed by atoms with Crippen LogP contribution in [0.4, 0.5) is 0 Å². The molecule has 0 aliphatic carbocycles. The molecular weight excluding hydrogens is 258 g/mol. The molecule has 0 spiro atoms. The molecule has 1 rings (SSSR count). The number of rotatable bonds is 6. The van der Waals surface area contributed by atoms with Crippen LogP contribution in [0.3, 0.4) is 0 Å². The van der Waals surface area contributed by atoms with Crippen molar-refractivity contribution in [2.24, 2.45) is 4.99 Å². The Hall–Kier alpha value is -1.07. The zero-order valence-electron chi connectivity index (χ0n) is 12.6. The van der Waals surface area contributed by atoms with Gasteiger partial charge in [-0.3, -0.25) is 4.99 Å². The van der Waals surface area contributed by atoms with Gasteiger partial charge in [0.15, 0.2) is 5.96 Å². The molecule has 1 heterocycles. The lowest BCUT2D eigenvalue weighted by molar-refractivity contribution is 0.0264. The van der Waals surface area contributed by atoms with Crippen molar-refractivity contribution in [1.82, 2.24) is 10.2 Å². The largest absolute Gasteiger partial charge is 0.377 e. The number of thiophene rings is 1. The van der Waals surface area contributed by atoms with Crippen LogP contribution in [-0.4, -0.2) is 50.8 Å². The van der Waals surface area contributed by atoms with Crippen LogP contribution in [-0.2, 0) is 11.2 Å². The van der Waals surface area contributed by atoms with E-state index in [1.54, 1.807) is 18.4 Å². The summed E-state index contributed by atoms with van der Waals surface area (Å²) in [5, 5.41) is 5.46. The van der Waals surface area contributed by atoms with Crippen LogP contribution >= 0.6 is 11.3 Å². The monoisotopic (exact) mass is 283 g/mol. The summed E-state index contributed by atoms with van der Waals surface area (Å²) in [6, 6.07) is 4.26. The van der Waals surface area contributed by atoms with Crippen LogP contribution in [0.2, 0.25) is 0 Å². The number of hydrogen-bond acceptors (Lipinski definition) is 3. The Balaban J connectivity index is 2.41. The van der Waals surface area contributed by atoms with E-state index in [-0.39, 0.29) is 5.60 Å². The highest BCUT2D eigenvalue weighted by Crippen LogP contribution is 2.09. The molecule has 0 aliphatic heterocycles. The van der Waals surface area contributed by atoms with E-state index < -0.39 is 0 Å². The molecule has 0 amide bonds. The van der Waals surface area contributed by atoms with E-state index in [0.29, 0.717) is 0 Å². The molecule has 1 N–H and O–H groups in total. The summed E-state index contributed by atoms with van der Waals surface area (Å²) < 4.78 is 5.40. The number of ether oxygens (including phenoxy) is 1. The number of aliphatic imine (C=N–C) groups is 1. The second-order valence-electron chi connectivity index (χ2n) is 5.12. The number of hydrogen-bond donors (Lipinski definition) is 1. The van der Waals surface area contributed by atoms with Crippen molar-refractivity contribution >= 4 is 17.3 Å². The topological polar surface area (TPSA) is 36.9 Å². The van der Waals surface area contributed by atoms with E-state index in [2.05, 4.69) is 53.6 Å².